The monoisotopic (exact) mass is 254 g/mol. The van der Waals surface area contributed by atoms with E-state index in [0.717, 1.165) is 25.3 Å². The van der Waals surface area contributed by atoms with Crippen molar-refractivity contribution in [2.24, 2.45) is 5.92 Å². The van der Waals surface area contributed by atoms with Crippen molar-refractivity contribution >= 4 is 5.69 Å². The molecule has 1 heterocycles. The van der Waals surface area contributed by atoms with Crippen molar-refractivity contribution in [3.8, 4) is 12.1 Å². The predicted molar refractivity (Wildman–Crippen MR) is 74.6 cm³/mol. The fraction of sp³-hybridized carbons (Fsp3) is 0.467. The second-order valence-corrected chi connectivity index (χ2v) is 5.14. The van der Waals surface area contributed by atoms with Gasteiger partial charge in [-0.2, -0.15) is 10.5 Å². The van der Waals surface area contributed by atoms with Crippen LogP contribution in [0, 0.1) is 28.6 Å². The van der Waals surface area contributed by atoms with Crippen LogP contribution >= 0.6 is 0 Å². The third-order valence-electron chi connectivity index (χ3n) is 3.43. The number of nitriles is 2. The van der Waals surface area contributed by atoms with Crippen molar-refractivity contribution in [3.63, 3.8) is 0 Å². The Labute approximate surface area is 114 Å². The molecule has 0 spiro atoms. The molecule has 2 atom stereocenters. The summed E-state index contributed by atoms with van der Waals surface area (Å²) in [4.78, 5) is 2.30. The highest BCUT2D eigenvalue weighted by Gasteiger charge is 2.21. The molecule has 4 heteroatoms. The minimum absolute atomic E-state index is 0.214. The van der Waals surface area contributed by atoms with E-state index in [2.05, 4.69) is 29.3 Å². The molecule has 2 rings (SSSR count). The van der Waals surface area contributed by atoms with E-state index >= 15 is 0 Å². The zero-order valence-electron chi connectivity index (χ0n) is 11.1. The zero-order chi connectivity index (χ0) is 13.7. The Balaban J connectivity index is 2.15. The van der Waals surface area contributed by atoms with Crippen LogP contribution in [0.15, 0.2) is 24.3 Å². The minimum atomic E-state index is 0.214. The van der Waals surface area contributed by atoms with Crippen LogP contribution in [0.4, 0.5) is 5.69 Å². The van der Waals surface area contributed by atoms with E-state index in [0.29, 0.717) is 17.9 Å². The van der Waals surface area contributed by atoms with Crippen molar-refractivity contribution in [2.45, 2.75) is 19.4 Å². The van der Waals surface area contributed by atoms with Gasteiger partial charge in [0.1, 0.15) is 0 Å². The maximum atomic E-state index is 8.86. The van der Waals surface area contributed by atoms with Gasteiger partial charge < -0.3 is 10.2 Å². The van der Waals surface area contributed by atoms with Crippen LogP contribution in [0.3, 0.4) is 0 Å². The second kappa shape index (κ2) is 6.22. The molecule has 1 aliphatic rings. The molecule has 0 saturated carbocycles. The van der Waals surface area contributed by atoms with Gasteiger partial charge in [0, 0.05) is 24.8 Å². The molecule has 0 aromatic heterocycles. The zero-order valence-corrected chi connectivity index (χ0v) is 11.1. The average molecular weight is 254 g/mol. The topological polar surface area (TPSA) is 62.9 Å². The lowest BCUT2D eigenvalue weighted by molar-refractivity contribution is 0.509. The van der Waals surface area contributed by atoms with Crippen LogP contribution in [0.2, 0.25) is 0 Å². The minimum Gasteiger partial charge on any atom is -0.370 e. The van der Waals surface area contributed by atoms with E-state index in [-0.39, 0.29) is 6.04 Å². The number of hydrogen-bond donors (Lipinski definition) is 1. The van der Waals surface area contributed by atoms with E-state index < -0.39 is 0 Å². The van der Waals surface area contributed by atoms with Gasteiger partial charge in [-0.3, -0.25) is 0 Å². The van der Waals surface area contributed by atoms with Crippen LogP contribution in [0.1, 0.15) is 18.9 Å². The summed E-state index contributed by atoms with van der Waals surface area (Å²) >= 11 is 0. The van der Waals surface area contributed by atoms with Gasteiger partial charge in [0.25, 0.3) is 0 Å². The third-order valence-corrected chi connectivity index (χ3v) is 3.43. The Morgan fingerprint density at radius 1 is 1.26 bits per heavy atom. The third kappa shape index (κ3) is 3.47. The van der Waals surface area contributed by atoms with Crippen LogP contribution in [-0.4, -0.2) is 25.7 Å². The number of benzene rings is 1. The molecule has 0 aliphatic carbocycles. The lowest BCUT2D eigenvalue weighted by Gasteiger charge is -2.26. The molecule has 2 unspecified atom stereocenters. The molecule has 1 aromatic carbocycles. The maximum Gasteiger partial charge on any atom is 0.0991 e. The SMILES string of the molecule is CC1CNC(CC#N)CN(c2ccc(C#N)cc2)C1. The van der Waals surface area contributed by atoms with Crippen molar-refractivity contribution in [1.82, 2.24) is 5.32 Å². The maximum absolute atomic E-state index is 8.86. The van der Waals surface area contributed by atoms with Gasteiger partial charge in [-0.1, -0.05) is 6.92 Å². The van der Waals surface area contributed by atoms with Crippen molar-refractivity contribution in [2.75, 3.05) is 24.5 Å². The van der Waals surface area contributed by atoms with E-state index in [4.69, 9.17) is 10.5 Å². The molecule has 19 heavy (non-hydrogen) atoms. The van der Waals surface area contributed by atoms with Gasteiger partial charge in [-0.05, 0) is 36.7 Å². The molecule has 1 N–H and O–H groups in total. The normalized spacial score (nSPS) is 23.2. The number of rotatable bonds is 2. The molecule has 0 radical (unpaired) electrons. The molecular formula is C15H18N4. The Kier molecular flexibility index (Phi) is 4.39. The summed E-state index contributed by atoms with van der Waals surface area (Å²) in [6.07, 6.45) is 0.527. The molecule has 1 aromatic rings. The molecule has 1 fully saturated rings. The molecule has 0 bridgehead atoms. The van der Waals surface area contributed by atoms with Crippen molar-refractivity contribution in [1.29, 1.82) is 10.5 Å². The average Bonchev–Trinajstić information content (AvgIpc) is 2.62. The lowest BCUT2D eigenvalue weighted by atomic mass is 10.1. The van der Waals surface area contributed by atoms with E-state index in [1.165, 1.54) is 0 Å². The smallest absolute Gasteiger partial charge is 0.0991 e. The predicted octanol–water partition coefficient (Wildman–Crippen LogP) is 1.89. The van der Waals surface area contributed by atoms with Gasteiger partial charge in [0.15, 0.2) is 0 Å². The first-order chi connectivity index (χ1) is 9.22. The summed E-state index contributed by atoms with van der Waals surface area (Å²) < 4.78 is 0. The van der Waals surface area contributed by atoms with E-state index in [1.54, 1.807) is 0 Å². The van der Waals surface area contributed by atoms with Crippen molar-refractivity contribution in [3.05, 3.63) is 29.8 Å². The largest absolute Gasteiger partial charge is 0.370 e. The summed E-state index contributed by atoms with van der Waals surface area (Å²) in [5.74, 6) is 0.541. The van der Waals surface area contributed by atoms with Gasteiger partial charge >= 0.3 is 0 Å². The summed E-state index contributed by atoms with van der Waals surface area (Å²) in [6, 6.07) is 12.2. The Morgan fingerprint density at radius 3 is 2.63 bits per heavy atom. The van der Waals surface area contributed by atoms with E-state index in [1.807, 2.05) is 24.3 Å². The Hall–Kier alpha value is -2.04. The fourth-order valence-corrected chi connectivity index (χ4v) is 2.42. The van der Waals surface area contributed by atoms with Crippen LogP contribution < -0.4 is 10.2 Å². The number of nitrogens with zero attached hydrogens (tertiary/aromatic N) is 3. The summed E-state index contributed by atoms with van der Waals surface area (Å²) in [6.45, 7) is 4.96. The quantitative estimate of drug-likeness (QED) is 0.875. The second-order valence-electron chi connectivity index (χ2n) is 5.14. The summed E-state index contributed by atoms with van der Waals surface area (Å²) in [5.41, 5.74) is 1.80. The van der Waals surface area contributed by atoms with E-state index in [9.17, 15) is 0 Å². The highest BCUT2D eigenvalue weighted by Crippen LogP contribution is 2.19. The highest BCUT2D eigenvalue weighted by molar-refractivity contribution is 5.50. The van der Waals surface area contributed by atoms with Crippen molar-refractivity contribution < 1.29 is 0 Å². The van der Waals surface area contributed by atoms with Gasteiger partial charge in [0.2, 0.25) is 0 Å². The van der Waals surface area contributed by atoms with Gasteiger partial charge in [-0.15, -0.1) is 0 Å². The molecular weight excluding hydrogens is 236 g/mol. The first-order valence-corrected chi connectivity index (χ1v) is 6.58. The molecule has 1 aliphatic heterocycles. The first kappa shape index (κ1) is 13.4. The summed E-state index contributed by atoms with van der Waals surface area (Å²) in [5, 5.41) is 21.1. The number of anilines is 1. The molecule has 98 valence electrons. The first-order valence-electron chi connectivity index (χ1n) is 6.58. The van der Waals surface area contributed by atoms with Gasteiger partial charge in [-0.25, -0.2) is 0 Å². The molecule has 4 nitrogen and oxygen atoms in total. The Morgan fingerprint density at radius 2 is 2.00 bits per heavy atom. The fourth-order valence-electron chi connectivity index (χ4n) is 2.42. The van der Waals surface area contributed by atoms with Crippen LogP contribution in [0.25, 0.3) is 0 Å². The molecule has 1 saturated heterocycles. The summed E-state index contributed by atoms with van der Waals surface area (Å²) in [7, 11) is 0. The standard InChI is InChI=1S/C15H18N4/c1-12-9-18-14(6-7-16)11-19(10-12)15-4-2-13(8-17)3-5-15/h2-5,12,14,18H,6,9-11H2,1H3. The molecule has 0 amide bonds. The van der Waals surface area contributed by atoms with Gasteiger partial charge in [0.05, 0.1) is 24.1 Å². The Bertz CT molecular complexity index is 494. The highest BCUT2D eigenvalue weighted by atomic mass is 15.2. The van der Waals surface area contributed by atoms with Crippen LogP contribution in [0.5, 0.6) is 0 Å². The number of hydrogen-bond acceptors (Lipinski definition) is 4. The lowest BCUT2D eigenvalue weighted by Crippen LogP contribution is -2.37. The van der Waals surface area contributed by atoms with Crippen LogP contribution in [-0.2, 0) is 0 Å². The number of nitrogens with one attached hydrogen (secondary N) is 1.